The molecule has 7 nitrogen and oxygen atoms in total. The Kier molecular flexibility index (Phi) is 5.80. The van der Waals surface area contributed by atoms with Crippen molar-refractivity contribution in [3.05, 3.63) is 53.6 Å². The first-order chi connectivity index (χ1) is 13.1. The van der Waals surface area contributed by atoms with Gasteiger partial charge in [0.05, 0.1) is 12.7 Å². The zero-order chi connectivity index (χ0) is 19.2. The Morgan fingerprint density at radius 1 is 1.11 bits per heavy atom. The molecule has 1 aliphatic heterocycles. The minimum atomic E-state index is -0.568. The third-order valence-electron chi connectivity index (χ3n) is 4.18. The van der Waals surface area contributed by atoms with Crippen LogP contribution >= 0.6 is 0 Å². The second kappa shape index (κ2) is 8.44. The summed E-state index contributed by atoms with van der Waals surface area (Å²) in [5, 5.41) is 0. The maximum Gasteiger partial charge on any atom is 0.338 e. The molecule has 0 N–H and O–H groups in total. The van der Waals surface area contributed by atoms with Gasteiger partial charge in [-0.3, -0.25) is 4.79 Å². The first kappa shape index (κ1) is 18.6. The SMILES string of the molecule is CCN(Cc1ccc2c(c1)OCO2)C(=O)COC(=O)c1cccc(OC)c1. The second-order valence-electron chi connectivity index (χ2n) is 5.90. The Morgan fingerprint density at radius 3 is 2.70 bits per heavy atom. The summed E-state index contributed by atoms with van der Waals surface area (Å²) in [7, 11) is 1.52. The molecule has 0 saturated carbocycles. The van der Waals surface area contributed by atoms with E-state index in [4.69, 9.17) is 18.9 Å². The highest BCUT2D eigenvalue weighted by Gasteiger charge is 2.18. The summed E-state index contributed by atoms with van der Waals surface area (Å²) in [6.45, 7) is 2.63. The Hall–Kier alpha value is -3.22. The van der Waals surface area contributed by atoms with Crippen LogP contribution in [-0.2, 0) is 16.1 Å². The number of hydrogen-bond acceptors (Lipinski definition) is 6. The van der Waals surface area contributed by atoms with Crippen LogP contribution in [0.3, 0.4) is 0 Å². The van der Waals surface area contributed by atoms with Crippen LogP contribution in [0.5, 0.6) is 17.2 Å². The van der Waals surface area contributed by atoms with Gasteiger partial charge in [-0.25, -0.2) is 4.79 Å². The van der Waals surface area contributed by atoms with Crippen LogP contribution in [0.1, 0.15) is 22.8 Å². The van der Waals surface area contributed by atoms with E-state index >= 15 is 0 Å². The van der Waals surface area contributed by atoms with Crippen LogP contribution in [-0.4, -0.2) is 43.8 Å². The minimum Gasteiger partial charge on any atom is -0.497 e. The Bertz CT molecular complexity index is 835. The fourth-order valence-electron chi connectivity index (χ4n) is 2.69. The Balaban J connectivity index is 1.57. The molecular formula is C20H21NO6. The third kappa shape index (κ3) is 4.49. The van der Waals surface area contributed by atoms with Crippen molar-refractivity contribution in [2.75, 3.05) is 27.1 Å². The topological polar surface area (TPSA) is 74.3 Å². The predicted octanol–water partition coefficient (Wildman–Crippen LogP) is 2.63. The van der Waals surface area contributed by atoms with Gasteiger partial charge in [-0.1, -0.05) is 12.1 Å². The van der Waals surface area contributed by atoms with Crippen LogP contribution in [0, 0.1) is 0 Å². The lowest BCUT2D eigenvalue weighted by Crippen LogP contribution is -2.34. The third-order valence-corrected chi connectivity index (χ3v) is 4.18. The second-order valence-corrected chi connectivity index (χ2v) is 5.90. The summed E-state index contributed by atoms with van der Waals surface area (Å²) in [6, 6.07) is 12.1. The molecule has 0 bridgehead atoms. The molecule has 0 spiro atoms. The lowest BCUT2D eigenvalue weighted by atomic mass is 10.2. The fourth-order valence-corrected chi connectivity index (χ4v) is 2.69. The smallest absolute Gasteiger partial charge is 0.338 e. The molecule has 0 atom stereocenters. The van der Waals surface area contributed by atoms with E-state index in [9.17, 15) is 9.59 Å². The van der Waals surface area contributed by atoms with E-state index in [0.29, 0.717) is 35.9 Å². The first-order valence-electron chi connectivity index (χ1n) is 8.58. The molecule has 1 aliphatic rings. The van der Waals surface area contributed by atoms with Crippen molar-refractivity contribution in [1.82, 2.24) is 4.90 Å². The molecule has 0 aromatic heterocycles. The first-order valence-corrected chi connectivity index (χ1v) is 8.58. The number of rotatable bonds is 7. The maximum absolute atomic E-state index is 12.4. The van der Waals surface area contributed by atoms with Crippen LogP contribution in [0.25, 0.3) is 0 Å². The molecule has 0 saturated heterocycles. The molecule has 2 aromatic rings. The van der Waals surface area contributed by atoms with Crippen LogP contribution in [0.2, 0.25) is 0 Å². The van der Waals surface area contributed by atoms with Crippen molar-refractivity contribution in [2.45, 2.75) is 13.5 Å². The molecule has 3 rings (SSSR count). The average Bonchev–Trinajstić information content (AvgIpc) is 3.17. The van der Waals surface area contributed by atoms with Gasteiger partial charge in [-0.2, -0.15) is 0 Å². The number of carbonyl (C=O) groups is 2. The predicted molar refractivity (Wildman–Crippen MR) is 96.9 cm³/mol. The molecule has 1 heterocycles. The van der Waals surface area contributed by atoms with Gasteiger partial charge < -0.3 is 23.8 Å². The number of amides is 1. The monoisotopic (exact) mass is 371 g/mol. The molecule has 7 heteroatoms. The lowest BCUT2D eigenvalue weighted by molar-refractivity contribution is -0.134. The van der Waals surface area contributed by atoms with Gasteiger partial charge in [0, 0.05) is 13.1 Å². The van der Waals surface area contributed by atoms with Crippen molar-refractivity contribution >= 4 is 11.9 Å². The van der Waals surface area contributed by atoms with Crippen molar-refractivity contribution in [2.24, 2.45) is 0 Å². The zero-order valence-corrected chi connectivity index (χ0v) is 15.3. The molecule has 0 radical (unpaired) electrons. The number of methoxy groups -OCH3 is 1. The van der Waals surface area contributed by atoms with Crippen molar-refractivity contribution in [3.63, 3.8) is 0 Å². The normalized spacial score (nSPS) is 11.8. The minimum absolute atomic E-state index is 0.204. The van der Waals surface area contributed by atoms with Gasteiger partial charge in [0.1, 0.15) is 5.75 Å². The summed E-state index contributed by atoms with van der Waals surface area (Å²) in [5.74, 6) is 1.07. The van der Waals surface area contributed by atoms with E-state index in [0.717, 1.165) is 5.56 Å². The van der Waals surface area contributed by atoms with E-state index in [2.05, 4.69) is 0 Å². The molecule has 142 valence electrons. The number of carbonyl (C=O) groups excluding carboxylic acids is 2. The quantitative estimate of drug-likeness (QED) is 0.697. The van der Waals surface area contributed by atoms with Gasteiger partial charge >= 0.3 is 5.97 Å². The molecule has 2 aromatic carbocycles. The molecule has 1 amide bonds. The van der Waals surface area contributed by atoms with Crippen LogP contribution < -0.4 is 14.2 Å². The molecule has 0 fully saturated rings. The van der Waals surface area contributed by atoms with Crippen molar-refractivity contribution in [3.8, 4) is 17.2 Å². The number of hydrogen-bond donors (Lipinski definition) is 0. The molecule has 0 aliphatic carbocycles. The molecular weight excluding hydrogens is 350 g/mol. The van der Waals surface area contributed by atoms with Gasteiger partial charge in [-0.05, 0) is 42.8 Å². The molecule has 0 unspecified atom stereocenters. The van der Waals surface area contributed by atoms with E-state index in [-0.39, 0.29) is 19.3 Å². The fraction of sp³-hybridized carbons (Fsp3) is 0.300. The summed E-state index contributed by atoms with van der Waals surface area (Å²) in [5.41, 5.74) is 1.24. The molecule has 27 heavy (non-hydrogen) atoms. The van der Waals surface area contributed by atoms with E-state index in [1.165, 1.54) is 7.11 Å². The Morgan fingerprint density at radius 2 is 1.93 bits per heavy atom. The zero-order valence-electron chi connectivity index (χ0n) is 15.3. The van der Waals surface area contributed by atoms with Crippen molar-refractivity contribution in [1.29, 1.82) is 0 Å². The Labute approximate surface area is 157 Å². The van der Waals surface area contributed by atoms with E-state index < -0.39 is 5.97 Å². The number of fused-ring (bicyclic) bond motifs is 1. The van der Waals surface area contributed by atoms with Gasteiger partial charge in [-0.15, -0.1) is 0 Å². The van der Waals surface area contributed by atoms with E-state index in [1.807, 2.05) is 25.1 Å². The highest BCUT2D eigenvalue weighted by Crippen LogP contribution is 2.32. The summed E-state index contributed by atoms with van der Waals surface area (Å²) >= 11 is 0. The summed E-state index contributed by atoms with van der Waals surface area (Å²) in [6.07, 6.45) is 0. The highest BCUT2D eigenvalue weighted by molar-refractivity contribution is 5.91. The van der Waals surface area contributed by atoms with Gasteiger partial charge in [0.15, 0.2) is 18.1 Å². The van der Waals surface area contributed by atoms with Gasteiger partial charge in [0.25, 0.3) is 5.91 Å². The highest BCUT2D eigenvalue weighted by atomic mass is 16.7. The van der Waals surface area contributed by atoms with Crippen LogP contribution in [0.4, 0.5) is 0 Å². The number of esters is 1. The largest absolute Gasteiger partial charge is 0.497 e. The number of likely N-dealkylation sites (N-methyl/N-ethyl adjacent to an activating group) is 1. The maximum atomic E-state index is 12.4. The number of benzene rings is 2. The van der Waals surface area contributed by atoms with Crippen LogP contribution in [0.15, 0.2) is 42.5 Å². The van der Waals surface area contributed by atoms with Crippen molar-refractivity contribution < 1.29 is 28.5 Å². The number of ether oxygens (including phenoxy) is 4. The summed E-state index contributed by atoms with van der Waals surface area (Å²) < 4.78 is 20.9. The summed E-state index contributed by atoms with van der Waals surface area (Å²) in [4.78, 5) is 26.2. The standard InChI is InChI=1S/C20H21NO6/c1-3-21(11-14-7-8-17-18(9-14)27-13-26-17)19(22)12-25-20(23)15-5-4-6-16(10-15)24-2/h4-10H,3,11-13H2,1-2H3. The van der Waals surface area contributed by atoms with E-state index in [1.54, 1.807) is 29.2 Å². The lowest BCUT2D eigenvalue weighted by Gasteiger charge is -2.21. The number of nitrogens with zero attached hydrogens (tertiary/aromatic N) is 1. The van der Waals surface area contributed by atoms with Gasteiger partial charge in [0.2, 0.25) is 6.79 Å². The average molecular weight is 371 g/mol.